The predicted octanol–water partition coefficient (Wildman–Crippen LogP) is 3.77. The van der Waals surface area contributed by atoms with Crippen molar-refractivity contribution in [3.8, 4) is 11.4 Å². The zero-order valence-electron chi connectivity index (χ0n) is 12.8. The van der Waals surface area contributed by atoms with E-state index in [2.05, 4.69) is 48.3 Å². The largest absolute Gasteiger partial charge is 0.383 e. The van der Waals surface area contributed by atoms with E-state index in [9.17, 15) is 0 Å². The van der Waals surface area contributed by atoms with Gasteiger partial charge in [-0.25, -0.2) is 9.97 Å². The number of methoxy groups -OCH3 is 1. The van der Waals surface area contributed by atoms with Crippen molar-refractivity contribution in [1.82, 2.24) is 9.97 Å². The summed E-state index contributed by atoms with van der Waals surface area (Å²) in [5, 5.41) is 0. The number of aromatic nitrogens is 2. The molecule has 0 fully saturated rings. The molecular formula is C16H20IN3O. The Bertz CT molecular complexity index is 650. The molecule has 112 valence electrons. The Balaban J connectivity index is 2.54. The fraction of sp³-hybridized carbons (Fsp3) is 0.375. The summed E-state index contributed by atoms with van der Waals surface area (Å²) >= 11 is 2.22. The van der Waals surface area contributed by atoms with Crippen molar-refractivity contribution in [1.29, 1.82) is 0 Å². The quantitative estimate of drug-likeness (QED) is 0.801. The molecule has 0 spiro atoms. The number of hydrogen-bond acceptors (Lipinski definition) is 4. The first-order valence-corrected chi connectivity index (χ1v) is 7.82. The summed E-state index contributed by atoms with van der Waals surface area (Å²) in [5.74, 6) is 1.19. The highest BCUT2D eigenvalue weighted by Crippen LogP contribution is 2.30. The maximum Gasteiger partial charge on any atom is 0.161 e. The lowest BCUT2D eigenvalue weighted by Gasteiger charge is -2.21. The molecule has 0 aliphatic heterocycles. The molecule has 0 saturated carbocycles. The minimum atomic E-state index is -0.0769. The molecule has 1 heterocycles. The van der Waals surface area contributed by atoms with Crippen LogP contribution in [-0.4, -0.2) is 17.1 Å². The third kappa shape index (κ3) is 3.71. The third-order valence-corrected chi connectivity index (χ3v) is 4.15. The van der Waals surface area contributed by atoms with E-state index in [1.54, 1.807) is 7.11 Å². The molecule has 0 bridgehead atoms. The maximum atomic E-state index is 6.07. The number of anilines is 1. The van der Waals surface area contributed by atoms with Gasteiger partial charge in [0, 0.05) is 18.1 Å². The van der Waals surface area contributed by atoms with Crippen molar-refractivity contribution in [2.45, 2.75) is 32.8 Å². The average molecular weight is 397 g/mol. The summed E-state index contributed by atoms with van der Waals surface area (Å²) in [5.41, 5.74) is 9.01. The highest BCUT2D eigenvalue weighted by Gasteiger charge is 2.22. The minimum Gasteiger partial charge on any atom is -0.383 e. The van der Waals surface area contributed by atoms with Gasteiger partial charge in [-0.3, -0.25) is 0 Å². The number of nitrogen functional groups attached to an aromatic ring is 1. The summed E-state index contributed by atoms with van der Waals surface area (Å²) in [6, 6.07) is 8.04. The molecule has 4 nitrogen and oxygen atoms in total. The van der Waals surface area contributed by atoms with Gasteiger partial charge in [0.2, 0.25) is 0 Å². The van der Waals surface area contributed by atoms with Crippen LogP contribution in [0.5, 0.6) is 0 Å². The van der Waals surface area contributed by atoms with E-state index in [-0.39, 0.29) is 5.41 Å². The summed E-state index contributed by atoms with van der Waals surface area (Å²) in [6.07, 6.45) is 0. The Kier molecular flexibility index (Phi) is 4.83. The molecule has 1 aromatic carbocycles. The summed E-state index contributed by atoms with van der Waals surface area (Å²) < 4.78 is 6.10. The molecule has 2 N–H and O–H groups in total. The van der Waals surface area contributed by atoms with Crippen LogP contribution in [-0.2, 0) is 16.8 Å². The summed E-state index contributed by atoms with van der Waals surface area (Å²) in [6.45, 7) is 6.95. The van der Waals surface area contributed by atoms with Gasteiger partial charge in [-0.2, -0.15) is 0 Å². The second-order valence-corrected chi connectivity index (χ2v) is 7.06. The zero-order chi connectivity index (χ0) is 15.6. The van der Waals surface area contributed by atoms with Crippen LogP contribution in [0.4, 0.5) is 5.82 Å². The SMILES string of the molecule is COCc1cccc(-c2nc(N)c(I)c(C(C)(C)C)n2)c1. The number of ether oxygens (including phenoxy) is 1. The van der Waals surface area contributed by atoms with E-state index in [1.165, 1.54) is 0 Å². The van der Waals surface area contributed by atoms with E-state index in [0.717, 1.165) is 20.4 Å². The molecule has 0 aliphatic rings. The van der Waals surface area contributed by atoms with Crippen LogP contribution in [0.1, 0.15) is 32.0 Å². The molecule has 2 aromatic rings. The molecule has 0 atom stereocenters. The summed E-state index contributed by atoms with van der Waals surface area (Å²) in [4.78, 5) is 9.17. The molecule has 0 radical (unpaired) electrons. The van der Waals surface area contributed by atoms with Crippen LogP contribution in [0.2, 0.25) is 0 Å². The lowest BCUT2D eigenvalue weighted by molar-refractivity contribution is 0.185. The number of rotatable bonds is 3. The molecule has 0 saturated heterocycles. The number of nitrogens with two attached hydrogens (primary N) is 1. The molecule has 2 rings (SSSR count). The van der Waals surface area contributed by atoms with Gasteiger partial charge in [-0.05, 0) is 34.2 Å². The highest BCUT2D eigenvalue weighted by molar-refractivity contribution is 14.1. The maximum absolute atomic E-state index is 6.07. The van der Waals surface area contributed by atoms with Gasteiger partial charge < -0.3 is 10.5 Å². The number of halogens is 1. The minimum absolute atomic E-state index is 0.0769. The van der Waals surface area contributed by atoms with Crippen molar-refractivity contribution in [3.63, 3.8) is 0 Å². The first-order valence-electron chi connectivity index (χ1n) is 6.74. The fourth-order valence-corrected chi connectivity index (χ4v) is 3.11. The zero-order valence-corrected chi connectivity index (χ0v) is 14.9. The average Bonchev–Trinajstić information content (AvgIpc) is 2.41. The second-order valence-electron chi connectivity index (χ2n) is 5.98. The first-order chi connectivity index (χ1) is 9.82. The van der Waals surface area contributed by atoms with Gasteiger partial charge in [0.1, 0.15) is 5.82 Å². The van der Waals surface area contributed by atoms with Crippen molar-refractivity contribution < 1.29 is 4.74 Å². The lowest BCUT2D eigenvalue weighted by Crippen LogP contribution is -2.18. The monoisotopic (exact) mass is 397 g/mol. The Hall–Kier alpha value is -1.21. The van der Waals surface area contributed by atoms with E-state index in [1.807, 2.05) is 24.3 Å². The van der Waals surface area contributed by atoms with E-state index in [0.29, 0.717) is 18.2 Å². The lowest BCUT2D eigenvalue weighted by atomic mass is 9.91. The van der Waals surface area contributed by atoms with Crippen molar-refractivity contribution >= 4 is 28.4 Å². The first kappa shape index (κ1) is 16.2. The number of benzene rings is 1. The van der Waals surface area contributed by atoms with Crippen molar-refractivity contribution in [2.75, 3.05) is 12.8 Å². The van der Waals surface area contributed by atoms with Crippen LogP contribution in [0.15, 0.2) is 24.3 Å². The molecule has 5 heteroatoms. The second kappa shape index (κ2) is 6.27. The van der Waals surface area contributed by atoms with E-state index >= 15 is 0 Å². The molecule has 21 heavy (non-hydrogen) atoms. The van der Waals surface area contributed by atoms with Crippen LogP contribution in [0.25, 0.3) is 11.4 Å². The Morgan fingerprint density at radius 2 is 1.95 bits per heavy atom. The topological polar surface area (TPSA) is 61.0 Å². The highest BCUT2D eigenvalue weighted by atomic mass is 127. The van der Waals surface area contributed by atoms with Crippen molar-refractivity contribution in [3.05, 3.63) is 39.1 Å². The Morgan fingerprint density at radius 1 is 1.24 bits per heavy atom. The Labute approximate surface area is 139 Å². The predicted molar refractivity (Wildman–Crippen MR) is 94.0 cm³/mol. The van der Waals surface area contributed by atoms with Gasteiger partial charge in [0.15, 0.2) is 5.82 Å². The third-order valence-electron chi connectivity index (χ3n) is 3.08. The van der Waals surface area contributed by atoms with E-state index in [4.69, 9.17) is 15.5 Å². The van der Waals surface area contributed by atoms with Gasteiger partial charge >= 0.3 is 0 Å². The molecule has 0 aliphatic carbocycles. The molecule has 0 amide bonds. The van der Waals surface area contributed by atoms with Crippen molar-refractivity contribution in [2.24, 2.45) is 0 Å². The van der Waals surface area contributed by atoms with Crippen LogP contribution in [0, 0.1) is 3.57 Å². The Morgan fingerprint density at radius 3 is 2.57 bits per heavy atom. The standard InChI is InChI=1S/C16H20IN3O/c1-16(2,3)13-12(17)14(18)20-15(19-13)11-7-5-6-10(8-11)9-21-4/h5-8H,9H2,1-4H3,(H2,18,19,20). The molecular weight excluding hydrogens is 377 g/mol. The summed E-state index contributed by atoms with van der Waals surface area (Å²) in [7, 11) is 1.68. The van der Waals surface area contributed by atoms with Gasteiger partial charge in [-0.1, -0.05) is 39.0 Å². The van der Waals surface area contributed by atoms with Crippen LogP contribution >= 0.6 is 22.6 Å². The van der Waals surface area contributed by atoms with Crippen LogP contribution < -0.4 is 5.73 Å². The fourth-order valence-electron chi connectivity index (χ4n) is 2.06. The van der Waals surface area contributed by atoms with E-state index < -0.39 is 0 Å². The smallest absolute Gasteiger partial charge is 0.161 e. The molecule has 1 aromatic heterocycles. The van der Waals surface area contributed by atoms with Gasteiger partial charge in [0.25, 0.3) is 0 Å². The normalized spacial score (nSPS) is 11.7. The number of nitrogens with zero attached hydrogens (tertiary/aromatic N) is 2. The van der Waals surface area contributed by atoms with Gasteiger partial charge in [-0.15, -0.1) is 0 Å². The number of hydrogen-bond donors (Lipinski definition) is 1. The van der Waals surface area contributed by atoms with Crippen LogP contribution in [0.3, 0.4) is 0 Å². The molecule has 0 unspecified atom stereocenters. The van der Waals surface area contributed by atoms with Gasteiger partial charge in [0.05, 0.1) is 15.9 Å².